The van der Waals surface area contributed by atoms with Gasteiger partial charge in [0.2, 0.25) is 11.8 Å². The molecular weight excluding hydrogens is 280 g/mol. The first-order valence-electron chi connectivity index (χ1n) is 7.61. The SMILES string of the molecule is CC(C)[C@H](C)NC(=O)c1ccc(CN2C(=O)CCC2=O)cc1. The number of nitrogens with one attached hydrogen (secondary N) is 1. The maximum atomic E-state index is 12.1. The highest BCUT2D eigenvalue weighted by atomic mass is 16.2. The first-order chi connectivity index (χ1) is 10.4. The number of likely N-dealkylation sites (tertiary alicyclic amines) is 1. The molecule has 118 valence electrons. The number of hydrogen-bond donors (Lipinski definition) is 1. The van der Waals surface area contributed by atoms with Crippen molar-refractivity contribution in [2.75, 3.05) is 0 Å². The Morgan fingerprint density at radius 2 is 1.64 bits per heavy atom. The van der Waals surface area contributed by atoms with Crippen LogP contribution < -0.4 is 5.32 Å². The van der Waals surface area contributed by atoms with E-state index in [9.17, 15) is 14.4 Å². The summed E-state index contributed by atoms with van der Waals surface area (Å²) in [4.78, 5) is 36.5. The van der Waals surface area contributed by atoms with Crippen molar-refractivity contribution in [3.05, 3.63) is 35.4 Å². The first-order valence-corrected chi connectivity index (χ1v) is 7.61. The zero-order valence-corrected chi connectivity index (χ0v) is 13.3. The van der Waals surface area contributed by atoms with Crippen molar-refractivity contribution >= 4 is 17.7 Å². The average molecular weight is 302 g/mol. The minimum absolute atomic E-state index is 0.104. The zero-order valence-electron chi connectivity index (χ0n) is 13.3. The standard InChI is InChI=1S/C17H22N2O3/c1-11(2)12(3)18-17(22)14-6-4-13(5-7-14)10-19-15(20)8-9-16(19)21/h4-7,11-12H,8-10H2,1-3H3,(H,18,22)/t12-/m0/s1. The Bertz CT molecular complexity index is 562. The van der Waals surface area contributed by atoms with Crippen molar-refractivity contribution in [2.24, 2.45) is 5.92 Å². The molecule has 0 radical (unpaired) electrons. The number of hydrogen-bond acceptors (Lipinski definition) is 3. The quantitative estimate of drug-likeness (QED) is 0.847. The molecule has 1 heterocycles. The second-order valence-electron chi connectivity index (χ2n) is 6.08. The molecule has 0 saturated carbocycles. The van der Waals surface area contributed by atoms with Gasteiger partial charge in [0.25, 0.3) is 5.91 Å². The molecular formula is C17H22N2O3. The van der Waals surface area contributed by atoms with Gasteiger partial charge in [0.1, 0.15) is 0 Å². The van der Waals surface area contributed by atoms with E-state index in [-0.39, 0.29) is 30.3 Å². The first kappa shape index (κ1) is 16.2. The molecule has 1 aromatic carbocycles. The summed E-state index contributed by atoms with van der Waals surface area (Å²) < 4.78 is 0. The highest BCUT2D eigenvalue weighted by Crippen LogP contribution is 2.16. The number of carbonyl (C=O) groups is 3. The Morgan fingerprint density at radius 3 is 2.14 bits per heavy atom. The van der Waals surface area contributed by atoms with E-state index in [1.807, 2.05) is 6.92 Å². The third kappa shape index (κ3) is 3.72. The highest BCUT2D eigenvalue weighted by Gasteiger charge is 2.28. The Labute approximate surface area is 130 Å². The van der Waals surface area contributed by atoms with Gasteiger partial charge >= 0.3 is 0 Å². The lowest BCUT2D eigenvalue weighted by Crippen LogP contribution is -2.36. The van der Waals surface area contributed by atoms with Crippen LogP contribution in [0.25, 0.3) is 0 Å². The molecule has 0 aromatic heterocycles. The van der Waals surface area contributed by atoms with Gasteiger partial charge in [-0.15, -0.1) is 0 Å². The van der Waals surface area contributed by atoms with Crippen LogP contribution in [-0.4, -0.2) is 28.7 Å². The van der Waals surface area contributed by atoms with Gasteiger partial charge in [-0.2, -0.15) is 0 Å². The van der Waals surface area contributed by atoms with Crippen LogP contribution in [0, 0.1) is 5.92 Å². The number of carbonyl (C=O) groups excluding carboxylic acids is 3. The molecule has 0 aliphatic carbocycles. The van der Waals surface area contributed by atoms with Crippen molar-refractivity contribution in [1.29, 1.82) is 0 Å². The maximum Gasteiger partial charge on any atom is 0.251 e. The van der Waals surface area contributed by atoms with E-state index in [2.05, 4.69) is 19.2 Å². The fraction of sp³-hybridized carbons (Fsp3) is 0.471. The summed E-state index contributed by atoms with van der Waals surface area (Å²) >= 11 is 0. The summed E-state index contributed by atoms with van der Waals surface area (Å²) in [6.45, 7) is 6.36. The molecule has 1 aliphatic heterocycles. The lowest BCUT2D eigenvalue weighted by molar-refractivity contribution is -0.139. The predicted octanol–water partition coefficient (Wildman–Crippen LogP) is 2.11. The van der Waals surface area contributed by atoms with Crippen molar-refractivity contribution in [2.45, 2.75) is 46.2 Å². The number of imide groups is 1. The molecule has 0 bridgehead atoms. The molecule has 1 atom stereocenters. The van der Waals surface area contributed by atoms with Gasteiger partial charge in [0.15, 0.2) is 0 Å². The van der Waals surface area contributed by atoms with Gasteiger partial charge in [-0.05, 0) is 30.5 Å². The summed E-state index contributed by atoms with van der Waals surface area (Å²) in [6, 6.07) is 7.12. The number of nitrogens with zero attached hydrogens (tertiary/aromatic N) is 1. The third-order valence-corrected chi connectivity index (χ3v) is 4.07. The summed E-state index contributed by atoms with van der Waals surface area (Å²) in [5.74, 6) is 0.00615. The molecule has 3 amide bonds. The fourth-order valence-corrected chi connectivity index (χ4v) is 2.20. The normalized spacial score (nSPS) is 16.3. The smallest absolute Gasteiger partial charge is 0.251 e. The fourth-order valence-electron chi connectivity index (χ4n) is 2.20. The zero-order chi connectivity index (χ0) is 16.3. The van der Waals surface area contributed by atoms with Crippen molar-refractivity contribution in [1.82, 2.24) is 10.2 Å². The van der Waals surface area contributed by atoms with Crippen LogP contribution in [0.3, 0.4) is 0 Å². The Balaban J connectivity index is 1.99. The third-order valence-electron chi connectivity index (χ3n) is 4.07. The molecule has 22 heavy (non-hydrogen) atoms. The van der Waals surface area contributed by atoms with Crippen LogP contribution in [0.2, 0.25) is 0 Å². The molecule has 1 saturated heterocycles. The molecule has 0 spiro atoms. The van der Waals surface area contributed by atoms with Crippen LogP contribution in [-0.2, 0) is 16.1 Å². The van der Waals surface area contributed by atoms with E-state index in [1.54, 1.807) is 24.3 Å². The van der Waals surface area contributed by atoms with E-state index in [0.29, 0.717) is 24.3 Å². The van der Waals surface area contributed by atoms with E-state index in [0.717, 1.165) is 5.56 Å². The molecule has 1 aliphatic rings. The van der Waals surface area contributed by atoms with E-state index in [4.69, 9.17) is 0 Å². The summed E-state index contributed by atoms with van der Waals surface area (Å²) in [7, 11) is 0. The van der Waals surface area contributed by atoms with E-state index < -0.39 is 0 Å². The molecule has 1 N–H and O–H groups in total. The molecule has 1 aromatic rings. The molecule has 2 rings (SSSR count). The van der Waals surface area contributed by atoms with Crippen LogP contribution >= 0.6 is 0 Å². The van der Waals surface area contributed by atoms with E-state index >= 15 is 0 Å². The minimum Gasteiger partial charge on any atom is -0.349 e. The Kier molecular flexibility index (Phi) is 4.96. The number of benzene rings is 1. The Morgan fingerprint density at radius 1 is 1.09 bits per heavy atom. The van der Waals surface area contributed by atoms with Gasteiger partial charge in [-0.25, -0.2) is 0 Å². The van der Waals surface area contributed by atoms with Crippen molar-refractivity contribution in [3.8, 4) is 0 Å². The number of amides is 3. The van der Waals surface area contributed by atoms with Crippen molar-refractivity contribution in [3.63, 3.8) is 0 Å². The topological polar surface area (TPSA) is 66.5 Å². The summed E-state index contributed by atoms with van der Waals surface area (Å²) in [5, 5.41) is 2.94. The van der Waals surface area contributed by atoms with E-state index in [1.165, 1.54) is 4.90 Å². The number of rotatable bonds is 5. The summed E-state index contributed by atoms with van der Waals surface area (Å²) in [6.07, 6.45) is 0.596. The van der Waals surface area contributed by atoms with Gasteiger partial charge < -0.3 is 5.32 Å². The molecule has 0 unspecified atom stereocenters. The second-order valence-corrected chi connectivity index (χ2v) is 6.08. The van der Waals surface area contributed by atoms with Gasteiger partial charge in [-0.3, -0.25) is 19.3 Å². The van der Waals surface area contributed by atoms with Crippen LogP contribution in [0.1, 0.15) is 49.5 Å². The Hall–Kier alpha value is -2.17. The summed E-state index contributed by atoms with van der Waals surface area (Å²) in [5.41, 5.74) is 1.42. The largest absolute Gasteiger partial charge is 0.349 e. The predicted molar refractivity (Wildman–Crippen MR) is 83.0 cm³/mol. The second kappa shape index (κ2) is 6.73. The monoisotopic (exact) mass is 302 g/mol. The highest BCUT2D eigenvalue weighted by molar-refractivity contribution is 6.01. The lowest BCUT2D eigenvalue weighted by Gasteiger charge is -2.18. The van der Waals surface area contributed by atoms with Gasteiger partial charge in [-0.1, -0.05) is 26.0 Å². The van der Waals surface area contributed by atoms with Crippen molar-refractivity contribution < 1.29 is 14.4 Å². The van der Waals surface area contributed by atoms with Crippen LogP contribution in [0.5, 0.6) is 0 Å². The lowest BCUT2D eigenvalue weighted by atomic mass is 10.1. The average Bonchev–Trinajstić information content (AvgIpc) is 2.79. The van der Waals surface area contributed by atoms with Gasteiger partial charge in [0.05, 0.1) is 6.54 Å². The van der Waals surface area contributed by atoms with Crippen LogP contribution in [0.4, 0.5) is 0 Å². The van der Waals surface area contributed by atoms with Gasteiger partial charge in [0, 0.05) is 24.4 Å². The maximum absolute atomic E-state index is 12.1. The molecule has 5 nitrogen and oxygen atoms in total. The molecule has 1 fully saturated rings. The minimum atomic E-state index is -0.127. The van der Waals surface area contributed by atoms with Crippen LogP contribution in [0.15, 0.2) is 24.3 Å². The molecule has 5 heteroatoms.